The first kappa shape index (κ1) is 30.5. The average molecular weight is 547 g/mol. The number of hydrogen-bond acceptors (Lipinski definition) is 9. The van der Waals surface area contributed by atoms with Crippen molar-refractivity contribution in [3.63, 3.8) is 0 Å². The van der Waals surface area contributed by atoms with E-state index in [1.165, 1.54) is 7.05 Å². The molecule has 1 aromatic carbocycles. The second kappa shape index (κ2) is 13.7. The first-order valence-corrected chi connectivity index (χ1v) is 12.6. The fourth-order valence-corrected chi connectivity index (χ4v) is 4.39. The van der Waals surface area contributed by atoms with Crippen LogP contribution in [-0.2, 0) is 28.4 Å². The van der Waals surface area contributed by atoms with Crippen molar-refractivity contribution in [2.45, 2.75) is 63.9 Å². The lowest BCUT2D eigenvalue weighted by Gasteiger charge is -2.29. The Kier molecular flexibility index (Phi) is 11.3. The fraction of sp³-hybridized carbons (Fsp3) is 0.522. The number of aliphatic hydroxyl groups excluding tert-OH is 1. The van der Waals surface area contributed by atoms with Gasteiger partial charge in [-0.3, -0.25) is 19.3 Å². The Morgan fingerprint density at radius 3 is 2.51 bits per heavy atom. The molecule has 206 valence electrons. The molecular weight excluding hydrogens is 515 g/mol. The molecule has 1 saturated heterocycles. The molecule has 1 aliphatic heterocycles. The van der Waals surface area contributed by atoms with E-state index in [0.717, 1.165) is 6.92 Å². The highest BCUT2D eigenvalue weighted by Gasteiger charge is 2.56. The second-order valence-electron chi connectivity index (χ2n) is 8.53. The van der Waals surface area contributed by atoms with Gasteiger partial charge in [0.15, 0.2) is 11.9 Å². The third-order valence-corrected chi connectivity index (χ3v) is 6.47. The topological polar surface area (TPSA) is 136 Å². The number of carbonyl (C=O) groups excluding carboxylic acids is 3. The van der Waals surface area contributed by atoms with Crippen molar-refractivity contribution in [1.29, 1.82) is 0 Å². The maximum absolute atomic E-state index is 15.4. The van der Waals surface area contributed by atoms with Gasteiger partial charge < -0.3 is 28.9 Å². The molecule has 0 saturated carbocycles. The number of esters is 1. The second-order valence-corrected chi connectivity index (χ2v) is 9.74. The minimum Gasteiger partial charge on any atom is -0.462 e. The van der Waals surface area contributed by atoms with Gasteiger partial charge in [0, 0.05) is 7.05 Å². The molecule has 6 unspecified atom stereocenters. The van der Waals surface area contributed by atoms with Crippen LogP contribution in [0, 0.1) is 0 Å². The zero-order valence-electron chi connectivity index (χ0n) is 21.1. The van der Waals surface area contributed by atoms with Crippen LogP contribution in [0.1, 0.15) is 27.7 Å². The Labute approximate surface area is 215 Å². The van der Waals surface area contributed by atoms with E-state index in [1.54, 1.807) is 51.1 Å². The van der Waals surface area contributed by atoms with Crippen molar-refractivity contribution in [3.8, 4) is 5.75 Å². The van der Waals surface area contributed by atoms with Gasteiger partial charge in [0.05, 0.1) is 18.9 Å². The van der Waals surface area contributed by atoms with E-state index in [0.29, 0.717) is 16.8 Å². The summed E-state index contributed by atoms with van der Waals surface area (Å²) in [7, 11) is -0.853. The number of aliphatic hydroxyl groups is 1. The van der Waals surface area contributed by atoms with Gasteiger partial charge in [-0.1, -0.05) is 18.2 Å². The third kappa shape index (κ3) is 8.41. The van der Waals surface area contributed by atoms with Crippen LogP contribution < -0.4 is 14.9 Å². The minimum absolute atomic E-state index is 0.0654. The van der Waals surface area contributed by atoms with E-state index in [1.807, 2.05) is 5.32 Å². The molecule has 3 N–H and O–H groups in total. The van der Waals surface area contributed by atoms with Gasteiger partial charge in [-0.2, -0.15) is 4.39 Å². The Balaban J connectivity index is 2.16. The number of para-hydroxylation sites is 1. The lowest BCUT2D eigenvalue weighted by Crippen LogP contribution is -2.48. The van der Waals surface area contributed by atoms with E-state index in [4.69, 9.17) is 18.5 Å². The number of amides is 2. The highest BCUT2D eigenvalue weighted by atomic mass is 31.2. The summed E-state index contributed by atoms with van der Waals surface area (Å²) < 4.78 is 51.6. The summed E-state index contributed by atoms with van der Waals surface area (Å²) in [6.07, 6.45) is -4.69. The summed E-state index contributed by atoms with van der Waals surface area (Å²) in [5.41, 5.74) is -2.56. The normalized spacial score (nSPS) is 25.3. The highest BCUT2D eigenvalue weighted by molar-refractivity contribution is 7.45. The smallest absolute Gasteiger partial charge is 0.323 e. The molecule has 0 aromatic heterocycles. The molecule has 6 atom stereocenters. The maximum atomic E-state index is 15.4. The van der Waals surface area contributed by atoms with E-state index in [2.05, 4.69) is 5.09 Å². The molecule has 0 bridgehead atoms. The number of nitrogens with zero attached hydrogens (tertiary/aromatic N) is 1. The Morgan fingerprint density at radius 2 is 1.95 bits per heavy atom. The van der Waals surface area contributed by atoms with Gasteiger partial charge >= 0.3 is 14.5 Å². The van der Waals surface area contributed by atoms with Crippen molar-refractivity contribution in [2.24, 2.45) is 0 Å². The zero-order chi connectivity index (χ0) is 27.8. The predicted molar refractivity (Wildman–Crippen MR) is 129 cm³/mol. The van der Waals surface area contributed by atoms with E-state index >= 15 is 4.39 Å². The van der Waals surface area contributed by atoms with Crippen LogP contribution in [-0.4, -0.2) is 78.2 Å². The number of likely N-dealkylation sites (N-methyl/N-ethyl adjacent to an activating group) is 1. The number of halogens is 2. The van der Waals surface area contributed by atoms with Crippen molar-refractivity contribution >= 4 is 26.8 Å². The van der Waals surface area contributed by atoms with Gasteiger partial charge in [-0.25, -0.2) is 9.48 Å². The maximum Gasteiger partial charge on any atom is 0.323 e. The minimum atomic E-state index is -2.56. The molecule has 0 radical (unpaired) electrons. The van der Waals surface area contributed by atoms with Crippen LogP contribution in [0.4, 0.5) is 8.78 Å². The quantitative estimate of drug-likeness (QED) is 0.147. The SMILES string of the molecule is CNC(=O)/C(F)=C\N(C=O)C1OC(COP(NC(C)C(=O)OC(C)C)Oc2ccccc2)C(O)C1(C)F. The molecule has 11 nitrogen and oxygen atoms in total. The monoisotopic (exact) mass is 547 g/mol. The van der Waals surface area contributed by atoms with Crippen molar-refractivity contribution in [2.75, 3.05) is 13.7 Å². The van der Waals surface area contributed by atoms with Gasteiger partial charge in [0.2, 0.25) is 12.2 Å². The molecule has 2 rings (SSSR count). The van der Waals surface area contributed by atoms with Crippen molar-refractivity contribution in [3.05, 3.63) is 42.4 Å². The summed E-state index contributed by atoms with van der Waals surface area (Å²) in [4.78, 5) is 35.7. The number of hydrogen-bond donors (Lipinski definition) is 3. The van der Waals surface area contributed by atoms with Gasteiger partial charge in [-0.15, -0.1) is 0 Å². The van der Waals surface area contributed by atoms with Crippen LogP contribution in [0.2, 0.25) is 0 Å². The Bertz CT molecular complexity index is 953. The number of rotatable bonds is 13. The first-order valence-electron chi connectivity index (χ1n) is 11.4. The summed E-state index contributed by atoms with van der Waals surface area (Å²) in [6, 6.07) is 7.69. The van der Waals surface area contributed by atoms with Crippen LogP contribution in [0.3, 0.4) is 0 Å². The molecule has 2 amide bonds. The van der Waals surface area contributed by atoms with E-state index in [-0.39, 0.29) is 12.5 Å². The number of carbonyl (C=O) groups is 3. The van der Waals surface area contributed by atoms with Crippen LogP contribution in [0.25, 0.3) is 0 Å². The van der Waals surface area contributed by atoms with Crippen molar-refractivity contribution in [1.82, 2.24) is 15.3 Å². The molecule has 37 heavy (non-hydrogen) atoms. The average Bonchev–Trinajstić information content (AvgIpc) is 3.08. The number of benzene rings is 1. The molecule has 1 aromatic rings. The molecule has 14 heteroatoms. The standard InChI is InChI=1S/C23H32F2N3O8P/c1-14(2)34-21(32)15(3)27-37(36-16-9-7-6-8-10-16)33-12-18-19(30)23(4,25)22(35-18)28(13-29)11-17(24)20(31)26-5/h6-11,13-15,18-19,22,27,30H,12H2,1-5H3,(H,26,31)/b17-11+. The largest absolute Gasteiger partial charge is 0.462 e. The predicted octanol–water partition coefficient (Wildman–Crippen LogP) is 2.07. The van der Waals surface area contributed by atoms with E-state index in [9.17, 15) is 23.9 Å². The van der Waals surface area contributed by atoms with Gasteiger partial charge in [-0.05, 0) is 39.8 Å². The summed E-state index contributed by atoms with van der Waals surface area (Å²) >= 11 is 0. The lowest BCUT2D eigenvalue weighted by atomic mass is 9.98. The summed E-state index contributed by atoms with van der Waals surface area (Å²) in [5, 5.41) is 15.4. The number of nitrogens with one attached hydrogen (secondary N) is 2. The van der Waals surface area contributed by atoms with Crippen LogP contribution >= 0.6 is 8.53 Å². The molecular formula is C23H32F2N3O8P. The molecule has 0 aliphatic carbocycles. The molecule has 1 heterocycles. The number of alkyl halides is 1. The third-order valence-electron chi connectivity index (χ3n) is 5.11. The number of ether oxygens (including phenoxy) is 2. The highest BCUT2D eigenvalue weighted by Crippen LogP contribution is 2.40. The zero-order valence-corrected chi connectivity index (χ0v) is 22.0. The molecule has 1 aliphatic rings. The summed E-state index contributed by atoms with van der Waals surface area (Å²) in [5.74, 6) is -2.64. The first-order chi connectivity index (χ1) is 17.4. The van der Waals surface area contributed by atoms with Gasteiger partial charge in [0.1, 0.15) is 24.0 Å². The Morgan fingerprint density at radius 1 is 1.30 bits per heavy atom. The van der Waals surface area contributed by atoms with E-state index < -0.39 is 63.0 Å². The van der Waals surface area contributed by atoms with Crippen LogP contribution in [0.5, 0.6) is 5.75 Å². The van der Waals surface area contributed by atoms with Crippen molar-refractivity contribution < 1.29 is 46.8 Å². The molecule has 0 spiro atoms. The molecule has 1 fully saturated rings. The lowest BCUT2D eigenvalue weighted by molar-refractivity contribution is -0.149. The fourth-order valence-electron chi connectivity index (χ4n) is 3.19. The van der Waals surface area contributed by atoms with Crippen LogP contribution in [0.15, 0.2) is 42.4 Å². The Hall–Kier alpha value is -2.70. The van der Waals surface area contributed by atoms with Gasteiger partial charge in [0.25, 0.3) is 5.91 Å². The summed E-state index contributed by atoms with van der Waals surface area (Å²) in [6.45, 7) is 5.49.